The van der Waals surface area contributed by atoms with E-state index in [4.69, 9.17) is 10.00 Å². The van der Waals surface area contributed by atoms with Crippen LogP contribution in [0.25, 0.3) is 0 Å². The topological polar surface area (TPSA) is 50.1 Å². The predicted molar refractivity (Wildman–Crippen MR) is 42.8 cm³/mol. The zero-order chi connectivity index (χ0) is 9.49. The van der Waals surface area contributed by atoms with E-state index in [0.29, 0.717) is 0 Å². The van der Waals surface area contributed by atoms with E-state index in [-0.39, 0.29) is 11.6 Å². The second kappa shape index (κ2) is 5.72. The molecule has 0 aliphatic carbocycles. The number of ether oxygens (including phenoxy) is 1. The van der Waals surface area contributed by atoms with Gasteiger partial charge < -0.3 is 4.74 Å². The van der Waals surface area contributed by atoms with Gasteiger partial charge in [-0.25, -0.2) is 0 Å². The summed E-state index contributed by atoms with van der Waals surface area (Å²) in [5, 5.41) is 7.32. The van der Waals surface area contributed by atoms with Gasteiger partial charge in [-0.1, -0.05) is 0 Å². The fourth-order valence-electron chi connectivity index (χ4n) is 0.431. The first kappa shape index (κ1) is 12.6. The smallest absolute Gasteiger partial charge is 0.303 e. The molecule has 0 spiro atoms. The second-order valence-corrected chi connectivity index (χ2v) is 2.93. The first-order valence-corrected chi connectivity index (χ1v) is 3.34. The summed E-state index contributed by atoms with van der Waals surface area (Å²) in [5.74, 6) is -0.225. The van der Waals surface area contributed by atoms with Gasteiger partial charge in [-0.2, -0.15) is 5.26 Å². The van der Waals surface area contributed by atoms with Crippen LogP contribution in [0.4, 0.5) is 0 Å². The van der Waals surface area contributed by atoms with Crippen LogP contribution in [-0.2, 0) is 9.53 Å². The summed E-state index contributed by atoms with van der Waals surface area (Å²) in [5.41, 5.74) is -0.328. The van der Waals surface area contributed by atoms with Gasteiger partial charge in [0.25, 0.3) is 0 Å². The third-order valence-electron chi connectivity index (χ3n) is 0.450. The van der Waals surface area contributed by atoms with Gasteiger partial charge in [0.15, 0.2) is 0 Å². The third kappa shape index (κ3) is 27.7. The van der Waals surface area contributed by atoms with Gasteiger partial charge in [0.05, 0.1) is 6.07 Å². The van der Waals surface area contributed by atoms with E-state index in [1.165, 1.54) is 13.8 Å². The average Bonchev–Trinajstić information content (AvgIpc) is 1.57. The summed E-state index contributed by atoms with van der Waals surface area (Å²) in [6.07, 6.45) is 0. The van der Waals surface area contributed by atoms with E-state index in [1.807, 2.05) is 20.8 Å². The number of nitrogens with zero attached hydrogens (tertiary/aromatic N) is 1. The minimum absolute atomic E-state index is 0.225. The van der Waals surface area contributed by atoms with Gasteiger partial charge in [-0.3, -0.25) is 4.79 Å². The van der Waals surface area contributed by atoms with Crippen molar-refractivity contribution in [2.45, 2.75) is 40.2 Å². The molecule has 3 heteroatoms. The minimum Gasteiger partial charge on any atom is -0.460 e. The molecular formula is C8H15NO2. The standard InChI is InChI=1S/C6H12O2.C2H3N/c1-5(7)8-6(2,3)4;1-2-3/h1-4H3;1H3. The summed E-state index contributed by atoms with van der Waals surface area (Å²) in [7, 11) is 0. The maximum absolute atomic E-state index is 10.2. The number of esters is 1. The lowest BCUT2D eigenvalue weighted by atomic mass is 10.2. The Kier molecular flexibility index (Phi) is 6.57. The van der Waals surface area contributed by atoms with Crippen molar-refractivity contribution >= 4 is 5.97 Å². The molecule has 64 valence electrons. The Bertz CT molecular complexity index is 150. The molecule has 0 unspecified atom stereocenters. The maximum Gasteiger partial charge on any atom is 0.303 e. The molecule has 0 fully saturated rings. The fraction of sp³-hybridized carbons (Fsp3) is 0.750. The molecule has 0 saturated heterocycles. The number of carbonyl (C=O) groups is 1. The van der Waals surface area contributed by atoms with Crippen LogP contribution in [0.15, 0.2) is 0 Å². The van der Waals surface area contributed by atoms with Crippen molar-refractivity contribution in [1.29, 1.82) is 5.26 Å². The van der Waals surface area contributed by atoms with Crippen molar-refractivity contribution < 1.29 is 9.53 Å². The molecular weight excluding hydrogens is 142 g/mol. The average molecular weight is 157 g/mol. The van der Waals surface area contributed by atoms with Crippen LogP contribution in [0, 0.1) is 11.3 Å². The molecule has 0 saturated carbocycles. The zero-order valence-electron chi connectivity index (χ0n) is 7.76. The predicted octanol–water partition coefficient (Wildman–Crippen LogP) is 1.88. The van der Waals surface area contributed by atoms with Crippen molar-refractivity contribution in [2.24, 2.45) is 0 Å². The van der Waals surface area contributed by atoms with Crippen molar-refractivity contribution in [3.63, 3.8) is 0 Å². The highest BCUT2D eigenvalue weighted by atomic mass is 16.6. The summed E-state index contributed by atoms with van der Waals surface area (Å²) in [6.45, 7) is 8.36. The molecule has 0 heterocycles. The van der Waals surface area contributed by atoms with E-state index in [2.05, 4.69) is 0 Å². The Morgan fingerprint density at radius 1 is 1.45 bits per heavy atom. The van der Waals surface area contributed by atoms with Gasteiger partial charge in [-0.15, -0.1) is 0 Å². The molecule has 0 aliphatic rings. The number of rotatable bonds is 0. The van der Waals surface area contributed by atoms with Crippen molar-refractivity contribution in [3.8, 4) is 6.07 Å². The summed E-state index contributed by atoms with van der Waals surface area (Å²) < 4.78 is 4.80. The van der Waals surface area contributed by atoms with Crippen LogP contribution in [0.3, 0.4) is 0 Å². The lowest BCUT2D eigenvalue weighted by molar-refractivity contribution is -0.151. The first-order chi connectivity index (χ1) is 4.83. The fourth-order valence-corrected chi connectivity index (χ4v) is 0.431. The molecule has 0 aromatic rings. The lowest BCUT2D eigenvalue weighted by Crippen LogP contribution is -2.21. The molecule has 0 atom stereocenters. The molecule has 0 aliphatic heterocycles. The van der Waals surface area contributed by atoms with E-state index < -0.39 is 0 Å². The van der Waals surface area contributed by atoms with Crippen LogP contribution in [-0.4, -0.2) is 11.6 Å². The Hall–Kier alpha value is -1.04. The van der Waals surface area contributed by atoms with Crippen molar-refractivity contribution in [3.05, 3.63) is 0 Å². The van der Waals surface area contributed by atoms with Crippen molar-refractivity contribution in [2.75, 3.05) is 0 Å². The van der Waals surface area contributed by atoms with Gasteiger partial charge in [0.2, 0.25) is 0 Å². The molecule has 0 radical (unpaired) electrons. The first-order valence-electron chi connectivity index (χ1n) is 3.34. The van der Waals surface area contributed by atoms with Crippen molar-refractivity contribution in [1.82, 2.24) is 0 Å². The van der Waals surface area contributed by atoms with E-state index in [0.717, 1.165) is 0 Å². The third-order valence-corrected chi connectivity index (χ3v) is 0.450. The molecule has 0 aromatic heterocycles. The Morgan fingerprint density at radius 3 is 1.73 bits per heavy atom. The SMILES string of the molecule is CC#N.CC(=O)OC(C)(C)C. The Morgan fingerprint density at radius 2 is 1.73 bits per heavy atom. The van der Waals surface area contributed by atoms with Gasteiger partial charge in [0.1, 0.15) is 5.60 Å². The normalized spacial score (nSPS) is 8.73. The molecule has 0 aromatic carbocycles. The molecule has 3 nitrogen and oxygen atoms in total. The number of carbonyl (C=O) groups excluding carboxylic acids is 1. The summed E-state index contributed by atoms with van der Waals surface area (Å²) in [4.78, 5) is 10.2. The number of hydrogen-bond donors (Lipinski definition) is 0. The highest BCUT2D eigenvalue weighted by Gasteiger charge is 2.11. The number of hydrogen-bond acceptors (Lipinski definition) is 3. The molecule has 0 bridgehead atoms. The van der Waals surface area contributed by atoms with E-state index >= 15 is 0 Å². The Balaban J connectivity index is 0. The maximum atomic E-state index is 10.2. The van der Waals surface area contributed by atoms with Crippen LogP contribution in [0.1, 0.15) is 34.6 Å². The number of nitriles is 1. The molecule has 0 N–H and O–H groups in total. The Labute approximate surface area is 68.0 Å². The van der Waals surface area contributed by atoms with Gasteiger partial charge in [0, 0.05) is 13.8 Å². The van der Waals surface area contributed by atoms with Crippen LogP contribution in [0.2, 0.25) is 0 Å². The monoisotopic (exact) mass is 157 g/mol. The van der Waals surface area contributed by atoms with Gasteiger partial charge in [-0.05, 0) is 20.8 Å². The highest BCUT2D eigenvalue weighted by Crippen LogP contribution is 2.05. The lowest BCUT2D eigenvalue weighted by Gasteiger charge is -2.17. The summed E-state index contributed by atoms with van der Waals surface area (Å²) >= 11 is 0. The van der Waals surface area contributed by atoms with Gasteiger partial charge >= 0.3 is 5.97 Å². The second-order valence-electron chi connectivity index (χ2n) is 2.93. The highest BCUT2D eigenvalue weighted by molar-refractivity contribution is 5.66. The molecule has 0 rings (SSSR count). The van der Waals surface area contributed by atoms with E-state index in [9.17, 15) is 4.79 Å². The quantitative estimate of drug-likeness (QED) is 0.504. The van der Waals surface area contributed by atoms with Crippen LogP contribution in [0.5, 0.6) is 0 Å². The summed E-state index contributed by atoms with van der Waals surface area (Å²) in [6, 6.07) is 1.75. The molecule has 0 amide bonds. The molecule has 11 heavy (non-hydrogen) atoms. The van der Waals surface area contributed by atoms with E-state index in [1.54, 1.807) is 6.07 Å². The minimum atomic E-state index is -0.328. The van der Waals surface area contributed by atoms with Crippen LogP contribution < -0.4 is 0 Å². The van der Waals surface area contributed by atoms with Crippen LogP contribution >= 0.6 is 0 Å². The largest absolute Gasteiger partial charge is 0.460 e. The zero-order valence-corrected chi connectivity index (χ0v) is 7.76.